The molecule has 0 heteroatoms. The topological polar surface area (TPSA) is 0 Å². The van der Waals surface area contributed by atoms with Gasteiger partial charge in [-0.1, -0.05) is 30.7 Å². The maximum atomic E-state index is 3.74. The molecule has 0 unspecified atom stereocenters. The van der Waals surface area contributed by atoms with Gasteiger partial charge in [-0.25, -0.2) is 0 Å². The maximum absolute atomic E-state index is 3.74. The van der Waals surface area contributed by atoms with Gasteiger partial charge in [0, 0.05) is 5.57 Å². The molecule has 0 saturated heterocycles. The van der Waals surface area contributed by atoms with Crippen LogP contribution in [0.1, 0.15) is 19.8 Å². The van der Waals surface area contributed by atoms with Crippen molar-refractivity contribution in [1.82, 2.24) is 0 Å². The number of allylic oxidation sites excluding steroid dienone is 5. The molecule has 0 heterocycles. The van der Waals surface area contributed by atoms with Crippen LogP contribution in [0, 0.1) is 11.8 Å². The van der Waals surface area contributed by atoms with Gasteiger partial charge < -0.3 is 0 Å². The van der Waals surface area contributed by atoms with Crippen LogP contribution in [0.5, 0.6) is 0 Å². The molecule has 0 radical (unpaired) electrons. The standard InChI is InChI=1S/C11H12/c1-3-7-11-9-6-5-8-10(11)4-2/h4,8-9H,2,5-6H2,1H3. The smallest absolute Gasteiger partial charge is 0.0274 e. The van der Waals surface area contributed by atoms with E-state index in [1.54, 1.807) is 0 Å². The van der Waals surface area contributed by atoms with E-state index in [1.807, 2.05) is 13.0 Å². The third-order valence-electron chi connectivity index (χ3n) is 1.67. The van der Waals surface area contributed by atoms with Crippen molar-refractivity contribution in [3.05, 3.63) is 36.0 Å². The van der Waals surface area contributed by atoms with Gasteiger partial charge in [0.15, 0.2) is 0 Å². The molecule has 0 aromatic heterocycles. The average molecular weight is 144 g/mol. The highest BCUT2D eigenvalue weighted by molar-refractivity contribution is 5.51. The Morgan fingerprint density at radius 3 is 2.82 bits per heavy atom. The Balaban J connectivity index is 2.89. The summed E-state index contributed by atoms with van der Waals surface area (Å²) in [6, 6.07) is 0. The molecule has 11 heavy (non-hydrogen) atoms. The summed E-state index contributed by atoms with van der Waals surface area (Å²) in [4.78, 5) is 0. The van der Waals surface area contributed by atoms with Crippen molar-refractivity contribution >= 4 is 0 Å². The van der Waals surface area contributed by atoms with E-state index < -0.39 is 0 Å². The van der Waals surface area contributed by atoms with E-state index >= 15 is 0 Å². The molecule has 0 nitrogen and oxygen atoms in total. The fraction of sp³-hybridized carbons (Fsp3) is 0.273. The summed E-state index contributed by atoms with van der Waals surface area (Å²) in [6.07, 6.45) is 8.47. The summed E-state index contributed by atoms with van der Waals surface area (Å²) >= 11 is 0. The summed E-state index contributed by atoms with van der Waals surface area (Å²) in [5.41, 5.74) is 2.32. The number of hydrogen-bond donors (Lipinski definition) is 0. The predicted molar refractivity (Wildman–Crippen MR) is 49.0 cm³/mol. The van der Waals surface area contributed by atoms with Crippen LogP contribution in [0.2, 0.25) is 0 Å². The molecule has 0 fully saturated rings. The summed E-state index contributed by atoms with van der Waals surface area (Å²) in [5, 5.41) is 0. The van der Waals surface area contributed by atoms with Crippen molar-refractivity contribution in [3.63, 3.8) is 0 Å². The molecule has 0 aromatic rings. The van der Waals surface area contributed by atoms with E-state index in [9.17, 15) is 0 Å². The van der Waals surface area contributed by atoms with E-state index in [4.69, 9.17) is 0 Å². The molecular weight excluding hydrogens is 132 g/mol. The van der Waals surface area contributed by atoms with Crippen LogP contribution in [0.4, 0.5) is 0 Å². The zero-order valence-corrected chi connectivity index (χ0v) is 6.85. The largest absolute Gasteiger partial charge is 0.101 e. The molecule has 0 aromatic carbocycles. The first-order valence-corrected chi connectivity index (χ1v) is 3.84. The van der Waals surface area contributed by atoms with E-state index in [0.29, 0.717) is 0 Å². The van der Waals surface area contributed by atoms with Crippen molar-refractivity contribution in [2.24, 2.45) is 0 Å². The number of rotatable bonds is 1. The zero-order chi connectivity index (χ0) is 8.10. The summed E-state index contributed by atoms with van der Waals surface area (Å²) < 4.78 is 0. The highest BCUT2D eigenvalue weighted by Gasteiger charge is 2.01. The first-order valence-electron chi connectivity index (χ1n) is 3.84. The Morgan fingerprint density at radius 2 is 2.18 bits per heavy atom. The Labute approximate surface area is 68.3 Å². The average Bonchev–Trinajstić information content (AvgIpc) is 2.06. The molecular formula is C11H12. The molecule has 1 rings (SSSR count). The molecule has 0 aliphatic heterocycles. The Hall–Kier alpha value is -1.22. The van der Waals surface area contributed by atoms with Gasteiger partial charge in [-0.2, -0.15) is 0 Å². The summed E-state index contributed by atoms with van der Waals surface area (Å²) in [5.74, 6) is 5.95. The monoisotopic (exact) mass is 144 g/mol. The minimum Gasteiger partial charge on any atom is -0.101 e. The van der Waals surface area contributed by atoms with Crippen molar-refractivity contribution in [1.29, 1.82) is 0 Å². The summed E-state index contributed by atoms with van der Waals surface area (Å²) in [7, 11) is 0. The quantitative estimate of drug-likeness (QED) is 0.496. The van der Waals surface area contributed by atoms with Crippen LogP contribution in [-0.2, 0) is 0 Å². The lowest BCUT2D eigenvalue weighted by molar-refractivity contribution is 1.01. The van der Waals surface area contributed by atoms with Crippen LogP contribution >= 0.6 is 0 Å². The van der Waals surface area contributed by atoms with E-state index in [-0.39, 0.29) is 0 Å². The maximum Gasteiger partial charge on any atom is 0.0274 e. The van der Waals surface area contributed by atoms with Gasteiger partial charge in [0.1, 0.15) is 0 Å². The van der Waals surface area contributed by atoms with Gasteiger partial charge in [-0.15, -0.1) is 5.92 Å². The van der Waals surface area contributed by atoms with Crippen molar-refractivity contribution in [2.75, 3.05) is 0 Å². The first kappa shape index (κ1) is 7.88. The Kier molecular flexibility index (Phi) is 2.74. The van der Waals surface area contributed by atoms with Crippen LogP contribution in [0.3, 0.4) is 0 Å². The summed E-state index contributed by atoms with van der Waals surface area (Å²) in [6.45, 7) is 5.60. The lowest BCUT2D eigenvalue weighted by Crippen LogP contribution is -1.89. The van der Waals surface area contributed by atoms with E-state index in [1.165, 1.54) is 5.57 Å². The highest BCUT2D eigenvalue weighted by atomic mass is 14.0. The predicted octanol–water partition coefficient (Wildman–Crippen LogP) is 2.84. The van der Waals surface area contributed by atoms with Crippen LogP contribution in [-0.4, -0.2) is 0 Å². The molecule has 56 valence electrons. The molecule has 0 amide bonds. The van der Waals surface area contributed by atoms with Crippen LogP contribution in [0.25, 0.3) is 0 Å². The minimum atomic E-state index is 1.11. The molecule has 0 N–H and O–H groups in total. The van der Waals surface area contributed by atoms with Gasteiger partial charge in [-0.05, 0) is 25.3 Å². The fourth-order valence-electron chi connectivity index (χ4n) is 1.15. The third-order valence-corrected chi connectivity index (χ3v) is 1.67. The minimum absolute atomic E-state index is 1.11. The van der Waals surface area contributed by atoms with Crippen molar-refractivity contribution < 1.29 is 0 Å². The number of hydrogen-bond acceptors (Lipinski definition) is 0. The van der Waals surface area contributed by atoms with Gasteiger partial charge in [0.25, 0.3) is 0 Å². The van der Waals surface area contributed by atoms with Crippen LogP contribution < -0.4 is 0 Å². The first-order chi connectivity index (χ1) is 5.38. The lowest BCUT2D eigenvalue weighted by Gasteiger charge is -2.06. The van der Waals surface area contributed by atoms with Crippen molar-refractivity contribution in [3.8, 4) is 11.8 Å². The van der Waals surface area contributed by atoms with Gasteiger partial charge in [0.2, 0.25) is 0 Å². The molecule has 0 spiro atoms. The fourth-order valence-corrected chi connectivity index (χ4v) is 1.15. The molecule has 0 atom stereocenters. The molecule has 1 aliphatic rings. The van der Waals surface area contributed by atoms with Gasteiger partial charge in [0.05, 0.1) is 0 Å². The molecule has 0 bridgehead atoms. The second kappa shape index (κ2) is 3.83. The van der Waals surface area contributed by atoms with E-state index in [2.05, 4.69) is 30.6 Å². The Morgan fingerprint density at radius 1 is 1.45 bits per heavy atom. The molecule has 0 saturated carbocycles. The highest BCUT2D eigenvalue weighted by Crippen LogP contribution is 2.18. The van der Waals surface area contributed by atoms with Crippen molar-refractivity contribution in [2.45, 2.75) is 19.8 Å². The van der Waals surface area contributed by atoms with E-state index in [0.717, 1.165) is 18.4 Å². The third kappa shape index (κ3) is 1.85. The second-order valence-electron chi connectivity index (χ2n) is 2.43. The van der Waals surface area contributed by atoms with Gasteiger partial charge >= 0.3 is 0 Å². The Bertz CT molecular complexity index is 266. The normalized spacial score (nSPS) is 15.7. The second-order valence-corrected chi connectivity index (χ2v) is 2.43. The molecule has 1 aliphatic carbocycles. The lowest BCUT2D eigenvalue weighted by atomic mass is 9.98. The van der Waals surface area contributed by atoms with Crippen LogP contribution in [0.15, 0.2) is 36.0 Å². The SMILES string of the molecule is C=CC1=CCCC=C1C#CC. The van der Waals surface area contributed by atoms with Gasteiger partial charge in [-0.3, -0.25) is 0 Å². The zero-order valence-electron chi connectivity index (χ0n) is 6.85.